The number of furan rings is 1. The predicted octanol–water partition coefficient (Wildman–Crippen LogP) is 2.82. The SMILES string of the molecule is C=C(C)CNC1CCCc2occc21. The Morgan fingerprint density at radius 2 is 2.57 bits per heavy atom. The molecule has 1 N–H and O–H groups in total. The second-order valence-corrected chi connectivity index (χ2v) is 4.08. The maximum atomic E-state index is 5.43. The average Bonchev–Trinajstić information content (AvgIpc) is 2.62. The molecule has 1 atom stereocenters. The number of rotatable bonds is 3. The zero-order valence-electron chi connectivity index (χ0n) is 8.68. The molecule has 2 rings (SSSR count). The fraction of sp³-hybridized carbons (Fsp3) is 0.500. The minimum absolute atomic E-state index is 0.467. The van der Waals surface area contributed by atoms with Crippen molar-refractivity contribution in [1.29, 1.82) is 0 Å². The molecule has 0 amide bonds. The van der Waals surface area contributed by atoms with Gasteiger partial charge < -0.3 is 9.73 Å². The third-order valence-corrected chi connectivity index (χ3v) is 2.70. The number of fused-ring (bicyclic) bond motifs is 1. The molecule has 2 heteroatoms. The van der Waals surface area contributed by atoms with Crippen molar-refractivity contribution in [2.45, 2.75) is 32.2 Å². The molecule has 14 heavy (non-hydrogen) atoms. The van der Waals surface area contributed by atoms with Crippen molar-refractivity contribution in [1.82, 2.24) is 5.32 Å². The van der Waals surface area contributed by atoms with E-state index in [4.69, 9.17) is 4.42 Å². The van der Waals surface area contributed by atoms with Crippen molar-refractivity contribution in [2.75, 3.05) is 6.54 Å². The first kappa shape index (κ1) is 9.53. The fourth-order valence-corrected chi connectivity index (χ4v) is 2.00. The molecule has 0 saturated carbocycles. The van der Waals surface area contributed by atoms with Crippen LogP contribution in [0.2, 0.25) is 0 Å². The maximum absolute atomic E-state index is 5.43. The summed E-state index contributed by atoms with van der Waals surface area (Å²) in [5.41, 5.74) is 2.53. The molecule has 0 radical (unpaired) electrons. The molecule has 1 aromatic rings. The monoisotopic (exact) mass is 191 g/mol. The first-order chi connectivity index (χ1) is 6.77. The van der Waals surface area contributed by atoms with Gasteiger partial charge in [-0.15, -0.1) is 0 Å². The zero-order chi connectivity index (χ0) is 9.97. The van der Waals surface area contributed by atoms with Crippen molar-refractivity contribution in [3.05, 3.63) is 35.8 Å². The van der Waals surface area contributed by atoms with Gasteiger partial charge in [0.1, 0.15) is 5.76 Å². The van der Waals surface area contributed by atoms with Crippen molar-refractivity contribution < 1.29 is 4.42 Å². The summed E-state index contributed by atoms with van der Waals surface area (Å²) >= 11 is 0. The summed E-state index contributed by atoms with van der Waals surface area (Å²) in [5, 5.41) is 3.50. The maximum Gasteiger partial charge on any atom is 0.108 e. The smallest absolute Gasteiger partial charge is 0.108 e. The van der Waals surface area contributed by atoms with Gasteiger partial charge in [0.05, 0.1) is 6.26 Å². The molecule has 1 aromatic heterocycles. The third kappa shape index (κ3) is 1.90. The molecular weight excluding hydrogens is 174 g/mol. The molecule has 2 nitrogen and oxygen atoms in total. The van der Waals surface area contributed by atoms with E-state index in [1.807, 2.05) is 6.92 Å². The molecule has 0 fully saturated rings. The molecule has 0 aliphatic heterocycles. The van der Waals surface area contributed by atoms with E-state index < -0.39 is 0 Å². The van der Waals surface area contributed by atoms with Gasteiger partial charge in [0.25, 0.3) is 0 Å². The van der Waals surface area contributed by atoms with Gasteiger partial charge in [-0.25, -0.2) is 0 Å². The molecule has 1 heterocycles. The fourth-order valence-electron chi connectivity index (χ4n) is 2.00. The van der Waals surface area contributed by atoms with Crippen LogP contribution in [0.4, 0.5) is 0 Å². The zero-order valence-corrected chi connectivity index (χ0v) is 8.68. The molecule has 0 saturated heterocycles. The predicted molar refractivity (Wildman–Crippen MR) is 57.2 cm³/mol. The lowest BCUT2D eigenvalue weighted by molar-refractivity contribution is 0.419. The van der Waals surface area contributed by atoms with Crippen LogP contribution in [0.15, 0.2) is 28.9 Å². The average molecular weight is 191 g/mol. The summed E-state index contributed by atoms with van der Waals surface area (Å²) < 4.78 is 5.43. The van der Waals surface area contributed by atoms with E-state index in [9.17, 15) is 0 Å². The van der Waals surface area contributed by atoms with E-state index in [2.05, 4.69) is 18.0 Å². The minimum atomic E-state index is 0.467. The van der Waals surface area contributed by atoms with Crippen LogP contribution in [0.5, 0.6) is 0 Å². The summed E-state index contributed by atoms with van der Waals surface area (Å²) in [7, 11) is 0. The van der Waals surface area contributed by atoms with Gasteiger partial charge in [0.15, 0.2) is 0 Å². The Bertz CT molecular complexity index is 327. The topological polar surface area (TPSA) is 25.2 Å². The molecule has 0 aromatic carbocycles. The van der Waals surface area contributed by atoms with Gasteiger partial charge >= 0.3 is 0 Å². The number of nitrogens with one attached hydrogen (secondary N) is 1. The van der Waals surface area contributed by atoms with E-state index in [-0.39, 0.29) is 0 Å². The standard InChI is InChI=1S/C12H17NO/c1-9(2)8-13-11-4-3-5-12-10(11)6-7-14-12/h6-7,11,13H,1,3-5,8H2,2H3. The van der Waals surface area contributed by atoms with Crippen LogP contribution in [0.3, 0.4) is 0 Å². The summed E-state index contributed by atoms with van der Waals surface area (Å²) in [6.45, 7) is 6.84. The van der Waals surface area contributed by atoms with E-state index in [0.29, 0.717) is 6.04 Å². The van der Waals surface area contributed by atoms with Gasteiger partial charge in [-0.2, -0.15) is 0 Å². The van der Waals surface area contributed by atoms with Gasteiger partial charge in [0.2, 0.25) is 0 Å². The minimum Gasteiger partial charge on any atom is -0.469 e. The Hall–Kier alpha value is -1.02. The van der Waals surface area contributed by atoms with Gasteiger partial charge in [0, 0.05) is 24.6 Å². The Morgan fingerprint density at radius 1 is 1.71 bits per heavy atom. The Morgan fingerprint density at radius 3 is 3.36 bits per heavy atom. The van der Waals surface area contributed by atoms with E-state index >= 15 is 0 Å². The molecule has 0 bridgehead atoms. The highest BCUT2D eigenvalue weighted by Gasteiger charge is 2.21. The highest BCUT2D eigenvalue weighted by atomic mass is 16.3. The quantitative estimate of drug-likeness (QED) is 0.743. The van der Waals surface area contributed by atoms with Crippen LogP contribution < -0.4 is 5.32 Å². The Kier molecular flexibility index (Phi) is 2.73. The Labute approximate surface area is 85.0 Å². The van der Waals surface area contributed by atoms with E-state index in [1.165, 1.54) is 24.0 Å². The summed E-state index contributed by atoms with van der Waals surface area (Å²) in [6, 6.07) is 2.55. The van der Waals surface area contributed by atoms with Crippen LogP contribution in [0.25, 0.3) is 0 Å². The second-order valence-electron chi connectivity index (χ2n) is 4.08. The molecule has 1 aliphatic carbocycles. The largest absolute Gasteiger partial charge is 0.469 e. The highest BCUT2D eigenvalue weighted by molar-refractivity contribution is 5.24. The van der Waals surface area contributed by atoms with Crippen LogP contribution in [-0.4, -0.2) is 6.54 Å². The van der Waals surface area contributed by atoms with Crippen LogP contribution in [0, 0.1) is 0 Å². The Balaban J connectivity index is 2.05. The van der Waals surface area contributed by atoms with Crippen molar-refractivity contribution >= 4 is 0 Å². The second kappa shape index (κ2) is 4.01. The molecular formula is C12H17NO. The lowest BCUT2D eigenvalue weighted by atomic mass is 9.93. The normalized spacial score (nSPS) is 20.5. The number of hydrogen-bond donors (Lipinski definition) is 1. The van der Waals surface area contributed by atoms with Crippen molar-refractivity contribution in [2.24, 2.45) is 0 Å². The lowest BCUT2D eigenvalue weighted by Gasteiger charge is -2.22. The van der Waals surface area contributed by atoms with Crippen molar-refractivity contribution in [3.8, 4) is 0 Å². The van der Waals surface area contributed by atoms with Crippen LogP contribution in [0.1, 0.15) is 37.1 Å². The summed E-state index contributed by atoms with van der Waals surface area (Å²) in [6.07, 6.45) is 5.31. The van der Waals surface area contributed by atoms with Gasteiger partial charge in [-0.3, -0.25) is 0 Å². The van der Waals surface area contributed by atoms with Gasteiger partial charge in [-0.1, -0.05) is 12.2 Å². The van der Waals surface area contributed by atoms with E-state index in [0.717, 1.165) is 18.7 Å². The first-order valence-corrected chi connectivity index (χ1v) is 5.21. The summed E-state index contributed by atoms with van der Waals surface area (Å²) in [4.78, 5) is 0. The molecule has 1 unspecified atom stereocenters. The van der Waals surface area contributed by atoms with Gasteiger partial charge in [-0.05, 0) is 25.8 Å². The highest BCUT2D eigenvalue weighted by Crippen LogP contribution is 2.30. The molecule has 1 aliphatic rings. The molecule has 76 valence electrons. The molecule has 0 spiro atoms. The van der Waals surface area contributed by atoms with Crippen molar-refractivity contribution in [3.63, 3.8) is 0 Å². The van der Waals surface area contributed by atoms with Crippen LogP contribution >= 0.6 is 0 Å². The third-order valence-electron chi connectivity index (χ3n) is 2.70. The number of hydrogen-bond acceptors (Lipinski definition) is 2. The van der Waals surface area contributed by atoms with Crippen LogP contribution in [-0.2, 0) is 6.42 Å². The first-order valence-electron chi connectivity index (χ1n) is 5.21. The summed E-state index contributed by atoms with van der Waals surface area (Å²) in [5.74, 6) is 1.16. The van der Waals surface area contributed by atoms with E-state index in [1.54, 1.807) is 6.26 Å². The number of aryl methyl sites for hydroxylation is 1. The lowest BCUT2D eigenvalue weighted by Crippen LogP contribution is -2.25.